The van der Waals surface area contributed by atoms with Crippen molar-refractivity contribution in [2.75, 3.05) is 19.7 Å². The van der Waals surface area contributed by atoms with Crippen LogP contribution in [0.2, 0.25) is 0 Å². The molecule has 19 heavy (non-hydrogen) atoms. The van der Waals surface area contributed by atoms with Crippen molar-refractivity contribution in [1.29, 1.82) is 0 Å². The lowest BCUT2D eigenvalue weighted by atomic mass is 10.2. The van der Waals surface area contributed by atoms with Gasteiger partial charge in [-0.15, -0.1) is 0 Å². The van der Waals surface area contributed by atoms with E-state index in [1.165, 1.54) is 25.7 Å². The molecule has 0 atom stereocenters. The molecule has 0 saturated carbocycles. The van der Waals surface area contributed by atoms with Gasteiger partial charge in [0.1, 0.15) is 12.4 Å². The SMILES string of the molecule is CCCCCCNCCOc1c(Br)cc(Br)cc1Br. The van der Waals surface area contributed by atoms with Crippen molar-refractivity contribution in [3.8, 4) is 5.75 Å². The minimum atomic E-state index is 0.673. The van der Waals surface area contributed by atoms with Crippen molar-refractivity contribution in [2.45, 2.75) is 32.6 Å². The second-order valence-corrected chi connectivity index (χ2v) is 6.98. The van der Waals surface area contributed by atoms with Crippen LogP contribution >= 0.6 is 47.8 Å². The van der Waals surface area contributed by atoms with Crippen LogP contribution in [0.5, 0.6) is 5.75 Å². The normalized spacial score (nSPS) is 10.7. The Bertz CT molecular complexity index is 362. The summed E-state index contributed by atoms with van der Waals surface area (Å²) >= 11 is 10.4. The highest BCUT2D eigenvalue weighted by Gasteiger charge is 2.07. The summed E-state index contributed by atoms with van der Waals surface area (Å²) in [6.07, 6.45) is 5.18. The standard InChI is InChI=1S/C14H20Br3NO/c1-2-3-4-5-6-18-7-8-19-14-12(16)9-11(15)10-13(14)17/h9-10,18H,2-8H2,1H3. The molecule has 108 valence electrons. The summed E-state index contributed by atoms with van der Waals surface area (Å²) in [7, 11) is 0. The fourth-order valence-corrected chi connectivity index (χ4v) is 4.18. The molecule has 0 amide bonds. The lowest BCUT2D eigenvalue weighted by molar-refractivity contribution is 0.310. The van der Waals surface area contributed by atoms with Crippen LogP contribution in [0, 0.1) is 0 Å². The van der Waals surface area contributed by atoms with Crippen LogP contribution in [-0.4, -0.2) is 19.7 Å². The maximum absolute atomic E-state index is 5.77. The number of ether oxygens (including phenoxy) is 1. The van der Waals surface area contributed by atoms with Gasteiger partial charge < -0.3 is 10.1 Å². The van der Waals surface area contributed by atoms with E-state index in [2.05, 4.69) is 60.0 Å². The van der Waals surface area contributed by atoms with E-state index in [0.29, 0.717) is 6.61 Å². The lowest BCUT2D eigenvalue weighted by Crippen LogP contribution is -2.22. The summed E-state index contributed by atoms with van der Waals surface area (Å²) in [5, 5.41) is 3.40. The number of hydrogen-bond acceptors (Lipinski definition) is 2. The second-order valence-electron chi connectivity index (χ2n) is 4.36. The van der Waals surface area contributed by atoms with Gasteiger partial charge in [0.2, 0.25) is 0 Å². The van der Waals surface area contributed by atoms with Crippen LogP contribution in [0.4, 0.5) is 0 Å². The highest BCUT2D eigenvalue weighted by Crippen LogP contribution is 2.36. The molecule has 0 radical (unpaired) electrons. The van der Waals surface area contributed by atoms with E-state index in [9.17, 15) is 0 Å². The molecule has 0 aliphatic carbocycles. The fraction of sp³-hybridized carbons (Fsp3) is 0.571. The van der Waals surface area contributed by atoms with Gasteiger partial charge in [-0.1, -0.05) is 42.1 Å². The molecule has 1 rings (SSSR count). The molecule has 1 N–H and O–H groups in total. The second kappa shape index (κ2) is 10.2. The summed E-state index contributed by atoms with van der Waals surface area (Å²) in [6.45, 7) is 4.86. The first-order chi connectivity index (χ1) is 9.15. The molecule has 1 aromatic rings. The van der Waals surface area contributed by atoms with E-state index < -0.39 is 0 Å². The van der Waals surface area contributed by atoms with Gasteiger partial charge in [-0.25, -0.2) is 0 Å². The molecular weight excluding hydrogens is 438 g/mol. The minimum absolute atomic E-state index is 0.673. The van der Waals surface area contributed by atoms with Gasteiger partial charge in [0.25, 0.3) is 0 Å². The number of rotatable bonds is 9. The number of halogens is 3. The third-order valence-electron chi connectivity index (χ3n) is 2.70. The van der Waals surface area contributed by atoms with Crippen LogP contribution < -0.4 is 10.1 Å². The van der Waals surface area contributed by atoms with Gasteiger partial charge >= 0.3 is 0 Å². The van der Waals surface area contributed by atoms with E-state index in [0.717, 1.165) is 32.3 Å². The number of hydrogen-bond donors (Lipinski definition) is 1. The Kier molecular flexibility index (Phi) is 9.37. The fourth-order valence-electron chi connectivity index (χ4n) is 1.69. The van der Waals surface area contributed by atoms with Crippen LogP contribution in [0.15, 0.2) is 25.6 Å². The van der Waals surface area contributed by atoms with Gasteiger partial charge in [-0.3, -0.25) is 0 Å². The van der Waals surface area contributed by atoms with Crippen molar-refractivity contribution in [2.24, 2.45) is 0 Å². The molecule has 0 bridgehead atoms. The molecule has 0 fully saturated rings. The highest BCUT2D eigenvalue weighted by molar-refractivity contribution is 9.11. The van der Waals surface area contributed by atoms with Crippen molar-refractivity contribution in [3.05, 3.63) is 25.6 Å². The quantitative estimate of drug-likeness (QED) is 0.493. The van der Waals surface area contributed by atoms with E-state index >= 15 is 0 Å². The predicted octanol–water partition coefficient (Wildman–Crippen LogP) is 5.52. The Balaban J connectivity index is 2.19. The van der Waals surface area contributed by atoms with Crippen LogP contribution in [0.1, 0.15) is 32.6 Å². The average molecular weight is 458 g/mol. The monoisotopic (exact) mass is 455 g/mol. The van der Waals surface area contributed by atoms with Gasteiger partial charge in [0.05, 0.1) is 8.95 Å². The van der Waals surface area contributed by atoms with Crippen molar-refractivity contribution in [3.63, 3.8) is 0 Å². The van der Waals surface area contributed by atoms with E-state index in [1.807, 2.05) is 12.1 Å². The number of nitrogens with one attached hydrogen (secondary N) is 1. The Hall–Kier alpha value is 0.420. The van der Waals surface area contributed by atoms with Crippen molar-refractivity contribution >= 4 is 47.8 Å². The molecule has 2 nitrogen and oxygen atoms in total. The van der Waals surface area contributed by atoms with E-state index in [4.69, 9.17) is 4.74 Å². The van der Waals surface area contributed by atoms with Crippen LogP contribution in [0.25, 0.3) is 0 Å². The molecule has 0 unspecified atom stereocenters. The van der Waals surface area contributed by atoms with Gasteiger partial charge in [0, 0.05) is 11.0 Å². The Morgan fingerprint density at radius 2 is 1.68 bits per heavy atom. The van der Waals surface area contributed by atoms with Gasteiger partial charge in [-0.2, -0.15) is 0 Å². The van der Waals surface area contributed by atoms with Crippen LogP contribution in [0.3, 0.4) is 0 Å². The first-order valence-electron chi connectivity index (χ1n) is 6.63. The summed E-state index contributed by atoms with van der Waals surface area (Å²) in [5.74, 6) is 0.857. The topological polar surface area (TPSA) is 21.3 Å². The maximum Gasteiger partial charge on any atom is 0.147 e. The minimum Gasteiger partial charge on any atom is -0.490 e. The van der Waals surface area contributed by atoms with E-state index in [-0.39, 0.29) is 0 Å². The molecule has 0 heterocycles. The Morgan fingerprint density at radius 1 is 1.00 bits per heavy atom. The van der Waals surface area contributed by atoms with Gasteiger partial charge in [0.15, 0.2) is 0 Å². The molecule has 5 heteroatoms. The zero-order valence-electron chi connectivity index (χ0n) is 11.1. The molecule has 1 aromatic carbocycles. The number of unbranched alkanes of at least 4 members (excludes halogenated alkanes) is 3. The zero-order valence-corrected chi connectivity index (χ0v) is 15.9. The largest absolute Gasteiger partial charge is 0.490 e. The first-order valence-corrected chi connectivity index (χ1v) is 9.01. The summed E-state index contributed by atoms with van der Waals surface area (Å²) in [6, 6.07) is 3.97. The molecule has 0 aliphatic rings. The molecule has 0 aromatic heterocycles. The number of benzene rings is 1. The van der Waals surface area contributed by atoms with E-state index in [1.54, 1.807) is 0 Å². The maximum atomic E-state index is 5.77. The molecule has 0 spiro atoms. The summed E-state index contributed by atoms with van der Waals surface area (Å²) in [5.41, 5.74) is 0. The van der Waals surface area contributed by atoms with Gasteiger partial charge in [-0.05, 0) is 57.0 Å². The lowest BCUT2D eigenvalue weighted by Gasteiger charge is -2.11. The zero-order chi connectivity index (χ0) is 14.1. The Labute approximate surface area is 141 Å². The average Bonchev–Trinajstić information content (AvgIpc) is 2.35. The first kappa shape index (κ1) is 17.5. The molecule has 0 aliphatic heterocycles. The van der Waals surface area contributed by atoms with Crippen LogP contribution in [-0.2, 0) is 0 Å². The summed E-state index contributed by atoms with van der Waals surface area (Å²) in [4.78, 5) is 0. The Morgan fingerprint density at radius 3 is 2.32 bits per heavy atom. The highest BCUT2D eigenvalue weighted by atomic mass is 79.9. The third-order valence-corrected chi connectivity index (χ3v) is 4.33. The molecule has 0 saturated heterocycles. The molecular formula is C14H20Br3NO. The third kappa shape index (κ3) is 7.11. The van der Waals surface area contributed by atoms with Crippen molar-refractivity contribution < 1.29 is 4.74 Å². The summed E-state index contributed by atoms with van der Waals surface area (Å²) < 4.78 is 8.70. The van der Waals surface area contributed by atoms with Crippen molar-refractivity contribution in [1.82, 2.24) is 5.32 Å². The predicted molar refractivity (Wildman–Crippen MR) is 92.0 cm³/mol. The smallest absolute Gasteiger partial charge is 0.147 e.